The third-order valence-corrected chi connectivity index (χ3v) is 5.85. The lowest BCUT2D eigenvalue weighted by molar-refractivity contribution is -0.209. The smallest absolute Gasteiger partial charge is 0.0681 e. The highest BCUT2D eigenvalue weighted by atomic mass is 16.5. The van der Waals surface area contributed by atoms with E-state index in [0.29, 0.717) is 0 Å². The van der Waals surface area contributed by atoms with Crippen molar-refractivity contribution >= 4 is 5.69 Å². The molecule has 1 saturated carbocycles. The predicted molar refractivity (Wildman–Crippen MR) is 93.9 cm³/mol. The summed E-state index contributed by atoms with van der Waals surface area (Å²) in [5, 5.41) is 10.3. The van der Waals surface area contributed by atoms with Crippen molar-refractivity contribution in [2.24, 2.45) is 5.41 Å². The zero-order valence-electron chi connectivity index (χ0n) is 14.4. The number of anilines is 1. The second-order valence-corrected chi connectivity index (χ2v) is 7.03. The van der Waals surface area contributed by atoms with E-state index in [4.69, 9.17) is 4.74 Å². The van der Waals surface area contributed by atoms with Gasteiger partial charge >= 0.3 is 0 Å². The highest BCUT2D eigenvalue weighted by Crippen LogP contribution is 2.50. The van der Waals surface area contributed by atoms with E-state index < -0.39 is 0 Å². The van der Waals surface area contributed by atoms with Gasteiger partial charge in [-0.3, -0.25) is 0 Å². The second kappa shape index (κ2) is 7.20. The van der Waals surface area contributed by atoms with Crippen LogP contribution in [0.25, 0.3) is 0 Å². The number of hydrogen-bond acceptors (Lipinski definition) is 4. The summed E-state index contributed by atoms with van der Waals surface area (Å²) in [6, 6.07) is 10.5. The van der Waals surface area contributed by atoms with Gasteiger partial charge in [-0.2, -0.15) is 0 Å². The maximum atomic E-state index is 10.3. The van der Waals surface area contributed by atoms with Crippen molar-refractivity contribution < 1.29 is 9.84 Å². The molecule has 1 aliphatic heterocycles. The molecule has 1 spiro atoms. The highest BCUT2D eigenvalue weighted by molar-refractivity contribution is 5.44. The van der Waals surface area contributed by atoms with E-state index in [9.17, 15) is 5.11 Å². The summed E-state index contributed by atoms with van der Waals surface area (Å²) in [6.07, 6.45) is 3.07. The molecule has 0 amide bonds. The second-order valence-electron chi connectivity index (χ2n) is 7.03. The zero-order chi connectivity index (χ0) is 16.3. The Bertz CT molecular complexity index is 483. The molecule has 1 heterocycles. The zero-order valence-corrected chi connectivity index (χ0v) is 14.4. The first kappa shape index (κ1) is 16.7. The Morgan fingerprint density at radius 2 is 1.96 bits per heavy atom. The number of ether oxygens (including phenoxy) is 1. The molecule has 1 aliphatic carbocycles. The van der Waals surface area contributed by atoms with Gasteiger partial charge in [0.05, 0.1) is 12.2 Å². The van der Waals surface area contributed by atoms with Crippen molar-refractivity contribution in [2.75, 3.05) is 44.7 Å². The molecule has 4 nitrogen and oxygen atoms in total. The molecule has 0 bridgehead atoms. The van der Waals surface area contributed by atoms with Crippen molar-refractivity contribution in [2.45, 2.75) is 38.4 Å². The summed E-state index contributed by atoms with van der Waals surface area (Å²) in [4.78, 5) is 4.84. The Hall–Kier alpha value is -1.10. The SMILES string of the molecule is CCOC1CC(O)C12CCN(CCN(C)c1ccccc1)CC2. The number of benzene rings is 1. The van der Waals surface area contributed by atoms with Crippen LogP contribution in [0.4, 0.5) is 5.69 Å². The van der Waals surface area contributed by atoms with Crippen LogP contribution in [-0.2, 0) is 4.74 Å². The van der Waals surface area contributed by atoms with Crippen LogP contribution >= 0.6 is 0 Å². The first-order chi connectivity index (χ1) is 11.2. The van der Waals surface area contributed by atoms with Crippen molar-refractivity contribution in [1.29, 1.82) is 0 Å². The van der Waals surface area contributed by atoms with Crippen molar-refractivity contribution in [3.05, 3.63) is 30.3 Å². The lowest BCUT2D eigenvalue weighted by Gasteiger charge is -2.56. The van der Waals surface area contributed by atoms with Crippen LogP contribution in [-0.4, -0.2) is 62.0 Å². The predicted octanol–water partition coefficient (Wildman–Crippen LogP) is 2.37. The minimum absolute atomic E-state index is 0.0395. The molecule has 1 N–H and O–H groups in total. The van der Waals surface area contributed by atoms with E-state index in [2.05, 4.69) is 47.2 Å². The number of para-hydroxylation sites is 1. The maximum absolute atomic E-state index is 10.3. The first-order valence-electron chi connectivity index (χ1n) is 8.94. The summed E-state index contributed by atoms with van der Waals surface area (Å²) in [5.41, 5.74) is 1.31. The van der Waals surface area contributed by atoms with Gasteiger partial charge in [-0.05, 0) is 45.0 Å². The monoisotopic (exact) mass is 318 g/mol. The van der Waals surface area contributed by atoms with Gasteiger partial charge in [0, 0.05) is 44.3 Å². The summed E-state index contributed by atoms with van der Waals surface area (Å²) >= 11 is 0. The molecule has 3 rings (SSSR count). The van der Waals surface area contributed by atoms with Crippen molar-refractivity contribution in [3.8, 4) is 0 Å². The van der Waals surface area contributed by atoms with Crippen LogP contribution in [0.2, 0.25) is 0 Å². The molecule has 1 saturated heterocycles. The molecule has 2 aliphatic rings. The standard InChI is InChI=1S/C19H30N2O2/c1-3-23-18-15-17(22)19(18)9-11-21(12-10-19)14-13-20(2)16-7-5-4-6-8-16/h4-8,17-18,22H,3,9-15H2,1-2H3. The Balaban J connectivity index is 1.46. The van der Waals surface area contributed by atoms with Crippen LogP contribution in [0, 0.1) is 5.41 Å². The van der Waals surface area contributed by atoms with Crippen molar-refractivity contribution in [3.63, 3.8) is 0 Å². The third-order valence-electron chi connectivity index (χ3n) is 5.85. The van der Waals surface area contributed by atoms with Crippen LogP contribution in [0.3, 0.4) is 0 Å². The van der Waals surface area contributed by atoms with Gasteiger partial charge in [0.15, 0.2) is 0 Å². The molecule has 2 atom stereocenters. The molecule has 2 unspecified atom stereocenters. The van der Waals surface area contributed by atoms with Crippen LogP contribution in [0.15, 0.2) is 30.3 Å². The number of likely N-dealkylation sites (tertiary alicyclic amines) is 1. The minimum Gasteiger partial charge on any atom is -0.392 e. The average molecular weight is 318 g/mol. The van der Waals surface area contributed by atoms with Gasteiger partial charge in [-0.25, -0.2) is 0 Å². The van der Waals surface area contributed by atoms with Gasteiger partial charge in [-0.1, -0.05) is 18.2 Å². The normalized spacial score (nSPS) is 26.9. The molecule has 4 heteroatoms. The summed E-state index contributed by atoms with van der Waals surface area (Å²) in [5.74, 6) is 0. The van der Waals surface area contributed by atoms with E-state index in [1.165, 1.54) is 5.69 Å². The Kier molecular flexibility index (Phi) is 5.24. The molecule has 0 radical (unpaired) electrons. The van der Waals surface area contributed by atoms with Crippen LogP contribution < -0.4 is 4.90 Å². The molecule has 1 aromatic rings. The summed E-state index contributed by atoms with van der Waals surface area (Å²) < 4.78 is 5.85. The van der Waals surface area contributed by atoms with Crippen LogP contribution in [0.5, 0.6) is 0 Å². The number of piperidine rings is 1. The quantitative estimate of drug-likeness (QED) is 0.873. The number of aliphatic hydroxyl groups is 1. The van der Waals surface area contributed by atoms with E-state index in [1.54, 1.807) is 0 Å². The summed E-state index contributed by atoms with van der Waals surface area (Å²) in [6.45, 7) is 7.07. The Morgan fingerprint density at radius 1 is 1.26 bits per heavy atom. The number of hydrogen-bond donors (Lipinski definition) is 1. The lowest BCUT2D eigenvalue weighted by Crippen LogP contribution is -2.62. The number of aliphatic hydroxyl groups excluding tert-OH is 1. The fraction of sp³-hybridized carbons (Fsp3) is 0.684. The van der Waals surface area contributed by atoms with E-state index in [1.807, 2.05) is 6.92 Å². The fourth-order valence-electron chi connectivity index (χ4n) is 4.11. The molecule has 0 aromatic heterocycles. The lowest BCUT2D eigenvalue weighted by atomic mass is 9.58. The van der Waals surface area contributed by atoms with Gasteiger partial charge in [-0.15, -0.1) is 0 Å². The molecule has 23 heavy (non-hydrogen) atoms. The van der Waals surface area contributed by atoms with Crippen molar-refractivity contribution in [1.82, 2.24) is 4.90 Å². The molecular weight excluding hydrogens is 288 g/mol. The van der Waals surface area contributed by atoms with E-state index >= 15 is 0 Å². The first-order valence-corrected chi connectivity index (χ1v) is 8.94. The van der Waals surface area contributed by atoms with E-state index in [0.717, 1.165) is 52.0 Å². The Morgan fingerprint density at radius 3 is 2.57 bits per heavy atom. The molecule has 128 valence electrons. The number of rotatable bonds is 6. The minimum atomic E-state index is -0.159. The fourth-order valence-corrected chi connectivity index (χ4v) is 4.11. The maximum Gasteiger partial charge on any atom is 0.0681 e. The number of nitrogens with zero attached hydrogens (tertiary/aromatic N) is 2. The van der Waals surface area contributed by atoms with Crippen LogP contribution in [0.1, 0.15) is 26.2 Å². The number of likely N-dealkylation sites (N-methyl/N-ethyl adjacent to an activating group) is 1. The van der Waals surface area contributed by atoms with Gasteiger partial charge in [0.1, 0.15) is 0 Å². The largest absolute Gasteiger partial charge is 0.392 e. The van der Waals surface area contributed by atoms with E-state index in [-0.39, 0.29) is 17.6 Å². The highest BCUT2D eigenvalue weighted by Gasteiger charge is 2.55. The average Bonchev–Trinajstić information content (AvgIpc) is 2.60. The molecule has 2 fully saturated rings. The molecular formula is C19H30N2O2. The van der Waals surface area contributed by atoms with Gasteiger partial charge < -0.3 is 19.6 Å². The molecule has 1 aromatic carbocycles. The summed E-state index contributed by atoms with van der Waals surface area (Å²) in [7, 11) is 2.15. The van der Waals surface area contributed by atoms with Gasteiger partial charge in [0.2, 0.25) is 0 Å². The topological polar surface area (TPSA) is 35.9 Å². The van der Waals surface area contributed by atoms with Gasteiger partial charge in [0.25, 0.3) is 0 Å². The third kappa shape index (κ3) is 3.39. The Labute approximate surface area is 140 Å².